The van der Waals surface area contributed by atoms with Crippen LogP contribution in [0, 0.1) is 0 Å². The van der Waals surface area contributed by atoms with Crippen molar-refractivity contribution in [3.8, 4) is 5.75 Å². The maximum atomic E-state index is 12.1. The van der Waals surface area contributed by atoms with Crippen molar-refractivity contribution in [2.75, 3.05) is 12.8 Å². The number of methoxy groups -OCH3 is 1. The predicted molar refractivity (Wildman–Crippen MR) is 75.0 cm³/mol. The lowest BCUT2D eigenvalue weighted by Gasteiger charge is -2.11. The van der Waals surface area contributed by atoms with E-state index in [-0.39, 0.29) is 17.3 Å². The highest BCUT2D eigenvalue weighted by Crippen LogP contribution is 2.26. The molecule has 9 heteroatoms. The van der Waals surface area contributed by atoms with Gasteiger partial charge in [-0.15, -0.1) is 0 Å². The Morgan fingerprint density at radius 1 is 1.50 bits per heavy atom. The fourth-order valence-corrected chi connectivity index (χ4v) is 2.90. The smallest absolute Gasteiger partial charge is 0.246 e. The molecule has 0 saturated carbocycles. The third-order valence-corrected chi connectivity index (χ3v) is 4.44. The van der Waals surface area contributed by atoms with Crippen LogP contribution in [0.5, 0.6) is 5.75 Å². The second kappa shape index (κ2) is 5.70. The van der Waals surface area contributed by atoms with E-state index in [4.69, 9.17) is 22.1 Å². The highest BCUT2D eigenvalue weighted by molar-refractivity contribution is 7.89. The van der Waals surface area contributed by atoms with Crippen LogP contribution in [0.15, 0.2) is 29.3 Å². The normalized spacial score (nSPS) is 11.5. The Labute approximate surface area is 121 Å². The number of benzene rings is 1. The fraction of sp³-hybridized carbons (Fsp3) is 0.182. The average Bonchev–Trinajstić information content (AvgIpc) is 2.84. The van der Waals surface area contributed by atoms with Crippen LogP contribution < -0.4 is 15.2 Å². The summed E-state index contributed by atoms with van der Waals surface area (Å²) in [6.07, 6.45) is 1.14. The van der Waals surface area contributed by atoms with Gasteiger partial charge in [-0.2, -0.15) is 5.10 Å². The van der Waals surface area contributed by atoms with E-state index < -0.39 is 10.0 Å². The molecule has 0 saturated heterocycles. The number of nitrogens with two attached hydrogens (primary N) is 1. The highest BCUT2D eigenvalue weighted by atomic mass is 35.5. The summed E-state index contributed by atoms with van der Waals surface area (Å²) in [7, 11) is -2.29. The van der Waals surface area contributed by atoms with E-state index in [0.717, 1.165) is 6.20 Å². The third kappa shape index (κ3) is 2.87. The lowest BCUT2D eigenvalue weighted by atomic mass is 10.2. The first-order valence-corrected chi connectivity index (χ1v) is 7.41. The summed E-state index contributed by atoms with van der Waals surface area (Å²) < 4.78 is 31.7. The standard InChI is InChI=1S/C11H13ClN4O3S/c1-19-9-4-2-3-8(12)7(9)5-15-20(17,18)10-6-14-16-11(10)13/h2-4,6,15H,5H2,1H3,(H3,13,14,16). The van der Waals surface area contributed by atoms with Gasteiger partial charge in [-0.05, 0) is 12.1 Å². The minimum Gasteiger partial charge on any atom is -0.496 e. The van der Waals surface area contributed by atoms with Crippen molar-refractivity contribution in [1.29, 1.82) is 0 Å². The number of nitrogens with one attached hydrogen (secondary N) is 2. The van der Waals surface area contributed by atoms with E-state index in [1.165, 1.54) is 7.11 Å². The van der Waals surface area contributed by atoms with E-state index in [9.17, 15) is 8.42 Å². The molecule has 0 aliphatic heterocycles. The zero-order valence-corrected chi connectivity index (χ0v) is 12.1. The van der Waals surface area contributed by atoms with Crippen LogP contribution in [-0.4, -0.2) is 25.7 Å². The van der Waals surface area contributed by atoms with Crippen LogP contribution in [0.25, 0.3) is 0 Å². The number of aromatic amines is 1. The summed E-state index contributed by atoms with van der Waals surface area (Å²) in [4.78, 5) is -0.108. The lowest BCUT2D eigenvalue weighted by Crippen LogP contribution is -2.24. The van der Waals surface area contributed by atoms with Gasteiger partial charge in [0.05, 0.1) is 13.3 Å². The molecule has 1 heterocycles. The second-order valence-corrected chi connectivity index (χ2v) is 6.04. The molecular weight excluding hydrogens is 304 g/mol. The van der Waals surface area contributed by atoms with Crippen LogP contribution in [0.4, 0.5) is 5.82 Å². The van der Waals surface area contributed by atoms with Crippen molar-refractivity contribution < 1.29 is 13.2 Å². The van der Waals surface area contributed by atoms with Gasteiger partial charge in [0.15, 0.2) is 0 Å². The maximum Gasteiger partial charge on any atom is 0.246 e. The molecule has 4 N–H and O–H groups in total. The Kier molecular flexibility index (Phi) is 4.17. The Morgan fingerprint density at radius 3 is 2.85 bits per heavy atom. The Hall–Kier alpha value is -1.77. The zero-order chi connectivity index (χ0) is 14.8. The van der Waals surface area contributed by atoms with Crippen LogP contribution in [0.3, 0.4) is 0 Å². The molecule has 0 aliphatic rings. The number of H-pyrrole nitrogens is 1. The molecule has 0 atom stereocenters. The van der Waals surface area contributed by atoms with Crippen molar-refractivity contribution in [2.24, 2.45) is 0 Å². The monoisotopic (exact) mass is 316 g/mol. The van der Waals surface area contributed by atoms with Gasteiger partial charge in [-0.1, -0.05) is 17.7 Å². The van der Waals surface area contributed by atoms with Gasteiger partial charge in [-0.3, -0.25) is 5.10 Å². The van der Waals surface area contributed by atoms with E-state index in [1.807, 2.05) is 0 Å². The molecule has 2 rings (SSSR count). The quantitative estimate of drug-likeness (QED) is 0.766. The molecular formula is C11H13ClN4O3S. The fourth-order valence-electron chi connectivity index (χ4n) is 1.65. The molecule has 7 nitrogen and oxygen atoms in total. The van der Waals surface area contributed by atoms with Crippen LogP contribution in [-0.2, 0) is 16.6 Å². The van der Waals surface area contributed by atoms with Crippen LogP contribution in [0.2, 0.25) is 5.02 Å². The van der Waals surface area contributed by atoms with E-state index in [0.29, 0.717) is 16.3 Å². The molecule has 2 aromatic rings. The van der Waals surface area contributed by atoms with Crippen molar-refractivity contribution in [2.45, 2.75) is 11.4 Å². The summed E-state index contributed by atoms with van der Waals surface area (Å²) in [5.74, 6) is 0.476. The molecule has 108 valence electrons. The molecule has 0 fully saturated rings. The van der Waals surface area contributed by atoms with E-state index in [1.54, 1.807) is 18.2 Å². The van der Waals surface area contributed by atoms with Crippen molar-refractivity contribution in [3.05, 3.63) is 35.0 Å². The first-order chi connectivity index (χ1) is 9.45. The molecule has 0 spiro atoms. The van der Waals surface area contributed by atoms with Gasteiger partial charge in [0.25, 0.3) is 0 Å². The predicted octanol–water partition coefficient (Wildman–Crippen LogP) is 1.13. The minimum atomic E-state index is -3.77. The number of nitrogen functional groups attached to an aromatic ring is 1. The number of halogens is 1. The Bertz CT molecular complexity index is 714. The first-order valence-electron chi connectivity index (χ1n) is 5.55. The van der Waals surface area contributed by atoms with Crippen molar-refractivity contribution in [3.63, 3.8) is 0 Å². The Morgan fingerprint density at radius 2 is 2.25 bits per heavy atom. The topological polar surface area (TPSA) is 110 Å². The summed E-state index contributed by atoms with van der Waals surface area (Å²) in [6, 6.07) is 5.06. The number of anilines is 1. The number of hydrogen-bond donors (Lipinski definition) is 3. The molecule has 0 unspecified atom stereocenters. The van der Waals surface area contributed by atoms with Gasteiger partial charge >= 0.3 is 0 Å². The number of nitrogens with zero attached hydrogens (tertiary/aromatic N) is 1. The number of ether oxygens (including phenoxy) is 1. The van der Waals surface area contributed by atoms with Crippen molar-refractivity contribution in [1.82, 2.24) is 14.9 Å². The van der Waals surface area contributed by atoms with Gasteiger partial charge in [0.1, 0.15) is 16.5 Å². The van der Waals surface area contributed by atoms with Gasteiger partial charge in [-0.25, -0.2) is 13.1 Å². The molecule has 1 aromatic heterocycles. The summed E-state index contributed by atoms with van der Waals surface area (Å²) >= 11 is 6.04. The molecule has 0 radical (unpaired) electrons. The minimum absolute atomic E-state index is 0.0181. The van der Waals surface area contributed by atoms with Gasteiger partial charge < -0.3 is 10.5 Å². The Balaban J connectivity index is 2.23. The number of hydrogen-bond acceptors (Lipinski definition) is 5. The molecule has 0 bridgehead atoms. The summed E-state index contributed by atoms with van der Waals surface area (Å²) in [5.41, 5.74) is 6.04. The second-order valence-electron chi connectivity index (χ2n) is 3.89. The first kappa shape index (κ1) is 14.6. The highest BCUT2D eigenvalue weighted by Gasteiger charge is 2.20. The van der Waals surface area contributed by atoms with Gasteiger partial charge in [0.2, 0.25) is 10.0 Å². The van der Waals surface area contributed by atoms with Crippen LogP contribution >= 0.6 is 11.6 Å². The lowest BCUT2D eigenvalue weighted by molar-refractivity contribution is 0.409. The average molecular weight is 317 g/mol. The van der Waals surface area contributed by atoms with Crippen molar-refractivity contribution >= 4 is 27.4 Å². The number of aromatic nitrogens is 2. The van der Waals surface area contributed by atoms with Crippen LogP contribution in [0.1, 0.15) is 5.56 Å². The molecule has 0 amide bonds. The summed E-state index contributed by atoms with van der Waals surface area (Å²) in [5, 5.41) is 6.35. The molecule has 0 aliphatic carbocycles. The van der Waals surface area contributed by atoms with E-state index in [2.05, 4.69) is 14.9 Å². The summed E-state index contributed by atoms with van der Waals surface area (Å²) in [6.45, 7) is -0.0181. The number of sulfonamides is 1. The third-order valence-electron chi connectivity index (χ3n) is 2.66. The number of rotatable bonds is 5. The maximum absolute atomic E-state index is 12.1. The van der Waals surface area contributed by atoms with Gasteiger partial charge in [0, 0.05) is 17.1 Å². The zero-order valence-electron chi connectivity index (χ0n) is 10.6. The van der Waals surface area contributed by atoms with E-state index >= 15 is 0 Å². The molecule has 1 aromatic carbocycles. The SMILES string of the molecule is COc1cccc(Cl)c1CNS(=O)(=O)c1cn[nH]c1N. The largest absolute Gasteiger partial charge is 0.496 e. The molecule has 20 heavy (non-hydrogen) atoms.